The summed E-state index contributed by atoms with van der Waals surface area (Å²) in [5, 5.41) is 9.79. The van der Waals surface area contributed by atoms with Crippen LogP contribution in [0.15, 0.2) is 12.4 Å². The number of nitrogens with one attached hydrogen (secondary N) is 2. The van der Waals surface area contributed by atoms with Crippen molar-refractivity contribution in [3.05, 3.63) is 23.2 Å². The van der Waals surface area contributed by atoms with Crippen LogP contribution < -0.4 is 10.2 Å². The molecule has 0 aliphatic heterocycles. The molecule has 7 nitrogen and oxygen atoms in total. The van der Waals surface area contributed by atoms with Crippen molar-refractivity contribution >= 4 is 23.5 Å². The lowest BCUT2D eigenvalue weighted by molar-refractivity contribution is 0.942. The predicted molar refractivity (Wildman–Crippen MR) is 65.1 cm³/mol. The van der Waals surface area contributed by atoms with Gasteiger partial charge in [0.1, 0.15) is 0 Å². The molecule has 0 aromatic carbocycles. The van der Waals surface area contributed by atoms with Crippen molar-refractivity contribution < 1.29 is 0 Å². The van der Waals surface area contributed by atoms with Gasteiger partial charge in [-0.15, -0.1) is 0 Å². The average molecular weight is 254 g/mol. The van der Waals surface area contributed by atoms with Crippen molar-refractivity contribution in [2.45, 2.75) is 6.54 Å². The van der Waals surface area contributed by atoms with Crippen LogP contribution in [0.3, 0.4) is 0 Å². The van der Waals surface area contributed by atoms with Crippen molar-refractivity contribution in [1.82, 2.24) is 25.1 Å². The minimum atomic E-state index is 0.165. The van der Waals surface area contributed by atoms with Gasteiger partial charge in [0.2, 0.25) is 17.2 Å². The van der Waals surface area contributed by atoms with Gasteiger partial charge in [0.15, 0.2) is 0 Å². The molecule has 0 fully saturated rings. The van der Waals surface area contributed by atoms with Crippen molar-refractivity contribution in [3.8, 4) is 0 Å². The Morgan fingerprint density at radius 3 is 2.82 bits per heavy atom. The molecule has 2 aromatic heterocycles. The highest BCUT2D eigenvalue weighted by molar-refractivity contribution is 6.28. The number of hydrogen-bond donors (Lipinski definition) is 2. The third kappa shape index (κ3) is 3.04. The summed E-state index contributed by atoms with van der Waals surface area (Å²) < 4.78 is 0. The maximum absolute atomic E-state index is 5.81. The zero-order chi connectivity index (χ0) is 12.3. The molecule has 0 bridgehead atoms. The summed E-state index contributed by atoms with van der Waals surface area (Å²) in [6.45, 7) is 0.573. The summed E-state index contributed by atoms with van der Waals surface area (Å²) in [7, 11) is 3.68. The highest BCUT2D eigenvalue weighted by Crippen LogP contribution is 2.12. The summed E-state index contributed by atoms with van der Waals surface area (Å²) in [6, 6.07) is 0. The molecular weight excluding hydrogens is 242 g/mol. The van der Waals surface area contributed by atoms with Crippen LogP contribution in [0.5, 0.6) is 0 Å². The van der Waals surface area contributed by atoms with Gasteiger partial charge in [0.05, 0.1) is 6.20 Å². The number of halogens is 1. The van der Waals surface area contributed by atoms with E-state index in [1.807, 2.05) is 14.1 Å². The zero-order valence-electron chi connectivity index (χ0n) is 9.48. The van der Waals surface area contributed by atoms with E-state index in [1.54, 1.807) is 17.3 Å². The van der Waals surface area contributed by atoms with Crippen LogP contribution in [0.25, 0.3) is 0 Å². The van der Waals surface area contributed by atoms with E-state index in [1.165, 1.54) is 0 Å². The zero-order valence-corrected chi connectivity index (χ0v) is 10.2. The molecule has 0 spiro atoms. The molecule has 2 N–H and O–H groups in total. The van der Waals surface area contributed by atoms with E-state index >= 15 is 0 Å². The van der Waals surface area contributed by atoms with Crippen LogP contribution in [-0.2, 0) is 6.54 Å². The number of aromatic amines is 1. The molecule has 2 heterocycles. The number of anilines is 2. The van der Waals surface area contributed by atoms with Crippen LogP contribution in [0.2, 0.25) is 5.28 Å². The molecule has 0 aliphatic carbocycles. The molecule has 0 unspecified atom stereocenters. The van der Waals surface area contributed by atoms with E-state index in [0.717, 1.165) is 5.56 Å². The number of rotatable bonds is 4. The van der Waals surface area contributed by atoms with Crippen LogP contribution in [0.4, 0.5) is 11.9 Å². The first kappa shape index (κ1) is 11.6. The second-order valence-corrected chi connectivity index (χ2v) is 3.92. The molecular formula is C9H12ClN7. The standard InChI is InChI=1S/C9H12ClN7/c1-17(2)9-15-7(10)14-8(16-9)11-3-6-4-12-13-5-6/h4-5H,3H2,1-2H3,(H,12,13)(H,11,14,15,16). The van der Waals surface area contributed by atoms with E-state index < -0.39 is 0 Å². The summed E-state index contributed by atoms with van der Waals surface area (Å²) >= 11 is 5.81. The van der Waals surface area contributed by atoms with Gasteiger partial charge in [-0.2, -0.15) is 20.1 Å². The molecule has 0 radical (unpaired) electrons. The Bertz CT molecular complexity index is 482. The second-order valence-electron chi connectivity index (χ2n) is 3.58. The molecule has 2 rings (SSSR count). The number of hydrogen-bond acceptors (Lipinski definition) is 6. The Kier molecular flexibility index (Phi) is 3.38. The normalized spacial score (nSPS) is 10.3. The fourth-order valence-electron chi connectivity index (χ4n) is 1.17. The van der Waals surface area contributed by atoms with Crippen LogP contribution in [0, 0.1) is 0 Å². The van der Waals surface area contributed by atoms with Gasteiger partial charge in [-0.3, -0.25) is 5.10 Å². The Morgan fingerprint density at radius 1 is 1.35 bits per heavy atom. The SMILES string of the molecule is CN(C)c1nc(Cl)nc(NCc2cn[nH]c2)n1. The third-order valence-electron chi connectivity index (χ3n) is 2.00. The molecule has 0 saturated carbocycles. The van der Waals surface area contributed by atoms with E-state index in [4.69, 9.17) is 11.6 Å². The lowest BCUT2D eigenvalue weighted by atomic mass is 10.4. The van der Waals surface area contributed by atoms with Crippen molar-refractivity contribution in [1.29, 1.82) is 0 Å². The first-order chi connectivity index (χ1) is 8.15. The van der Waals surface area contributed by atoms with Crippen molar-refractivity contribution in [2.24, 2.45) is 0 Å². The van der Waals surface area contributed by atoms with Gasteiger partial charge in [-0.1, -0.05) is 0 Å². The average Bonchev–Trinajstić information content (AvgIpc) is 2.78. The number of aromatic nitrogens is 5. The molecule has 17 heavy (non-hydrogen) atoms. The highest BCUT2D eigenvalue weighted by Gasteiger charge is 2.06. The van der Waals surface area contributed by atoms with Gasteiger partial charge >= 0.3 is 0 Å². The fourth-order valence-corrected chi connectivity index (χ4v) is 1.33. The molecule has 0 aliphatic rings. The second kappa shape index (κ2) is 4.96. The molecule has 8 heteroatoms. The van der Waals surface area contributed by atoms with Crippen molar-refractivity contribution in [2.75, 3.05) is 24.3 Å². The summed E-state index contributed by atoms with van der Waals surface area (Å²) in [5.41, 5.74) is 1.01. The molecule has 0 atom stereocenters. The Labute approximate surface area is 103 Å². The smallest absolute Gasteiger partial charge is 0.230 e. The largest absolute Gasteiger partial charge is 0.350 e. The van der Waals surface area contributed by atoms with Crippen LogP contribution in [-0.4, -0.2) is 39.2 Å². The topological polar surface area (TPSA) is 82.6 Å². The molecule has 2 aromatic rings. The van der Waals surface area contributed by atoms with E-state index in [0.29, 0.717) is 18.4 Å². The number of nitrogens with zero attached hydrogens (tertiary/aromatic N) is 5. The maximum Gasteiger partial charge on any atom is 0.230 e. The predicted octanol–water partition coefficient (Wildman–Crippen LogP) is 0.926. The van der Waals surface area contributed by atoms with Gasteiger partial charge in [-0.25, -0.2) is 0 Å². The Balaban J connectivity index is 2.10. The molecule has 90 valence electrons. The van der Waals surface area contributed by atoms with Gasteiger partial charge in [0, 0.05) is 32.4 Å². The van der Waals surface area contributed by atoms with Gasteiger partial charge in [-0.05, 0) is 11.6 Å². The summed E-state index contributed by atoms with van der Waals surface area (Å²) in [5.74, 6) is 0.953. The third-order valence-corrected chi connectivity index (χ3v) is 2.17. The minimum Gasteiger partial charge on any atom is -0.350 e. The minimum absolute atomic E-state index is 0.165. The number of H-pyrrole nitrogens is 1. The monoisotopic (exact) mass is 253 g/mol. The Morgan fingerprint density at radius 2 is 2.18 bits per heavy atom. The molecule has 0 saturated heterocycles. The van der Waals surface area contributed by atoms with Gasteiger partial charge < -0.3 is 10.2 Å². The van der Waals surface area contributed by atoms with E-state index in [2.05, 4.69) is 30.5 Å². The van der Waals surface area contributed by atoms with Crippen molar-refractivity contribution in [3.63, 3.8) is 0 Å². The first-order valence-corrected chi connectivity index (χ1v) is 5.33. The van der Waals surface area contributed by atoms with E-state index in [9.17, 15) is 0 Å². The Hall–Kier alpha value is -1.89. The fraction of sp³-hybridized carbons (Fsp3) is 0.333. The van der Waals surface area contributed by atoms with Crippen LogP contribution in [0.1, 0.15) is 5.56 Å². The quantitative estimate of drug-likeness (QED) is 0.843. The lowest BCUT2D eigenvalue weighted by Gasteiger charge is -2.11. The highest BCUT2D eigenvalue weighted by atomic mass is 35.5. The summed E-state index contributed by atoms with van der Waals surface area (Å²) in [4.78, 5) is 14.0. The van der Waals surface area contributed by atoms with Gasteiger partial charge in [0.25, 0.3) is 0 Å². The van der Waals surface area contributed by atoms with E-state index in [-0.39, 0.29) is 5.28 Å². The molecule has 0 amide bonds. The first-order valence-electron chi connectivity index (χ1n) is 4.95. The van der Waals surface area contributed by atoms with Crippen LogP contribution >= 0.6 is 11.6 Å². The lowest BCUT2D eigenvalue weighted by Crippen LogP contribution is -2.15. The summed E-state index contributed by atoms with van der Waals surface area (Å²) in [6.07, 6.45) is 3.52. The maximum atomic E-state index is 5.81.